The molecule has 1 saturated heterocycles. The molecule has 0 spiro atoms. The summed E-state index contributed by atoms with van der Waals surface area (Å²) in [4.78, 5) is 18.4. The van der Waals surface area contributed by atoms with Gasteiger partial charge in [-0.3, -0.25) is 14.8 Å². The van der Waals surface area contributed by atoms with E-state index in [1.807, 2.05) is 28.4 Å². The van der Waals surface area contributed by atoms with E-state index in [1.54, 1.807) is 6.20 Å². The first-order valence-corrected chi connectivity index (χ1v) is 10.9. The Morgan fingerprint density at radius 3 is 2.53 bits per heavy atom. The second-order valence-electron chi connectivity index (χ2n) is 8.85. The second kappa shape index (κ2) is 7.84. The zero-order valence-electron chi connectivity index (χ0n) is 17.2. The molecule has 5 rings (SSSR count). The molecule has 1 aromatic carbocycles. The number of hydrogen-bond donors (Lipinski definition) is 1. The van der Waals surface area contributed by atoms with Gasteiger partial charge in [0.2, 0.25) is 5.91 Å². The average Bonchev–Trinajstić information content (AvgIpc) is 3.54. The number of anilines is 1. The van der Waals surface area contributed by atoms with Gasteiger partial charge in [0.1, 0.15) is 0 Å². The number of likely N-dealkylation sites (tertiary alicyclic amines) is 1. The normalized spacial score (nSPS) is 23.0. The summed E-state index contributed by atoms with van der Waals surface area (Å²) < 4.78 is 0. The van der Waals surface area contributed by atoms with Crippen molar-refractivity contribution in [3.63, 3.8) is 0 Å². The molecular formula is C24H28N4O2. The van der Waals surface area contributed by atoms with Crippen LogP contribution in [0.5, 0.6) is 0 Å². The van der Waals surface area contributed by atoms with Crippen LogP contribution in [-0.4, -0.2) is 51.8 Å². The summed E-state index contributed by atoms with van der Waals surface area (Å²) in [5, 5.41) is 17.8. The van der Waals surface area contributed by atoms with E-state index in [9.17, 15) is 9.90 Å². The van der Waals surface area contributed by atoms with Crippen LogP contribution in [0.25, 0.3) is 11.1 Å². The number of carbonyl (C=O) groups excluding carboxylic acids is 1. The number of piperidine rings is 1. The van der Waals surface area contributed by atoms with Gasteiger partial charge in [0.15, 0.2) is 0 Å². The summed E-state index contributed by atoms with van der Waals surface area (Å²) in [6.07, 6.45) is 10.4. The second-order valence-corrected chi connectivity index (χ2v) is 8.85. The number of benzene rings is 1. The number of aliphatic hydroxyl groups is 1. The van der Waals surface area contributed by atoms with Crippen molar-refractivity contribution in [3.8, 4) is 11.1 Å². The Bertz CT molecular complexity index is 916. The predicted molar refractivity (Wildman–Crippen MR) is 117 cm³/mol. The number of carbonyl (C=O) groups is 1. The molecule has 30 heavy (non-hydrogen) atoms. The van der Waals surface area contributed by atoms with Gasteiger partial charge in [-0.05, 0) is 61.4 Å². The molecule has 2 aliphatic heterocycles. The summed E-state index contributed by atoms with van der Waals surface area (Å²) >= 11 is 0. The zero-order valence-corrected chi connectivity index (χ0v) is 17.2. The molecule has 1 amide bonds. The minimum atomic E-state index is -0.730. The van der Waals surface area contributed by atoms with Crippen molar-refractivity contribution in [1.82, 2.24) is 9.88 Å². The van der Waals surface area contributed by atoms with E-state index in [0.717, 1.165) is 36.1 Å². The fourth-order valence-corrected chi connectivity index (χ4v) is 4.61. The predicted octanol–water partition coefficient (Wildman–Crippen LogP) is 3.47. The molecule has 1 saturated carbocycles. The first-order valence-electron chi connectivity index (χ1n) is 10.9. The van der Waals surface area contributed by atoms with Gasteiger partial charge in [-0.25, -0.2) is 0 Å². The minimum absolute atomic E-state index is 0.143. The number of nitrogens with zero attached hydrogens (tertiary/aromatic N) is 4. The summed E-state index contributed by atoms with van der Waals surface area (Å²) in [6, 6.07) is 12.5. The third kappa shape index (κ3) is 3.97. The first-order chi connectivity index (χ1) is 14.6. The lowest BCUT2D eigenvalue weighted by Gasteiger charge is -2.40. The van der Waals surface area contributed by atoms with Crippen molar-refractivity contribution in [3.05, 3.63) is 48.8 Å². The molecule has 6 nitrogen and oxygen atoms in total. The molecule has 3 heterocycles. The van der Waals surface area contributed by atoms with Gasteiger partial charge >= 0.3 is 0 Å². The smallest absolute Gasteiger partial charge is 0.225 e. The van der Waals surface area contributed by atoms with Crippen LogP contribution in [0.2, 0.25) is 0 Å². The SMILES string of the molecule is O=C(C1CC1)N1CCC(O)(CC2CC=NN2c2ccc(-c3cccnc3)cc2)CC1. The molecule has 1 unspecified atom stereocenters. The Kier molecular flexibility index (Phi) is 5.03. The van der Waals surface area contributed by atoms with Crippen molar-refractivity contribution in [1.29, 1.82) is 0 Å². The third-order valence-electron chi connectivity index (χ3n) is 6.60. The van der Waals surface area contributed by atoms with Crippen molar-refractivity contribution in [2.75, 3.05) is 18.1 Å². The topological polar surface area (TPSA) is 69.0 Å². The molecule has 2 aromatic rings. The summed E-state index contributed by atoms with van der Waals surface area (Å²) in [5.41, 5.74) is 2.52. The van der Waals surface area contributed by atoms with Crippen molar-refractivity contribution >= 4 is 17.8 Å². The van der Waals surface area contributed by atoms with E-state index in [0.29, 0.717) is 32.4 Å². The fourth-order valence-electron chi connectivity index (χ4n) is 4.61. The van der Waals surface area contributed by atoms with E-state index in [-0.39, 0.29) is 17.9 Å². The number of amides is 1. The van der Waals surface area contributed by atoms with Crippen LogP contribution in [-0.2, 0) is 4.79 Å². The molecule has 156 valence electrons. The molecule has 2 fully saturated rings. The molecular weight excluding hydrogens is 376 g/mol. The van der Waals surface area contributed by atoms with Gasteiger partial charge in [-0.2, -0.15) is 5.10 Å². The lowest BCUT2D eigenvalue weighted by atomic mass is 9.84. The van der Waals surface area contributed by atoms with Crippen molar-refractivity contribution in [2.45, 2.75) is 50.2 Å². The molecule has 6 heteroatoms. The third-order valence-corrected chi connectivity index (χ3v) is 6.60. The standard InChI is InChI=1S/C24H28N4O2/c29-23(19-3-4-19)27-14-10-24(30,11-15-27)16-22-9-13-26-28(22)21-7-5-18(6-8-21)20-2-1-12-25-17-20/h1-2,5-8,12-13,17,19,22,30H,3-4,9-11,14-16H2. The maximum atomic E-state index is 12.3. The molecule has 3 aliphatic rings. The summed E-state index contributed by atoms with van der Waals surface area (Å²) in [5.74, 6) is 0.543. The number of pyridine rings is 1. The Balaban J connectivity index is 1.23. The van der Waals surface area contributed by atoms with Gasteiger partial charge in [0, 0.05) is 44.0 Å². The van der Waals surface area contributed by atoms with Gasteiger partial charge in [0.05, 0.1) is 17.3 Å². The summed E-state index contributed by atoms with van der Waals surface area (Å²) in [7, 11) is 0. The Morgan fingerprint density at radius 1 is 1.10 bits per heavy atom. The number of rotatable bonds is 5. The fraction of sp³-hybridized carbons (Fsp3) is 0.458. The van der Waals surface area contributed by atoms with E-state index in [4.69, 9.17) is 0 Å². The number of hydrazone groups is 1. The maximum Gasteiger partial charge on any atom is 0.225 e. The maximum absolute atomic E-state index is 12.3. The van der Waals surface area contributed by atoms with Crippen LogP contribution >= 0.6 is 0 Å². The molecule has 1 N–H and O–H groups in total. The summed E-state index contributed by atoms with van der Waals surface area (Å²) in [6.45, 7) is 1.33. The van der Waals surface area contributed by atoms with Gasteiger partial charge in [0.25, 0.3) is 0 Å². The monoisotopic (exact) mass is 404 g/mol. The van der Waals surface area contributed by atoms with E-state index in [1.165, 1.54) is 0 Å². The first kappa shape index (κ1) is 19.2. The van der Waals surface area contributed by atoms with Crippen molar-refractivity contribution in [2.24, 2.45) is 11.0 Å². The van der Waals surface area contributed by atoms with Gasteiger partial charge < -0.3 is 10.0 Å². The largest absolute Gasteiger partial charge is 0.390 e. The number of aromatic nitrogens is 1. The Morgan fingerprint density at radius 2 is 1.87 bits per heavy atom. The zero-order chi connectivity index (χ0) is 20.6. The van der Waals surface area contributed by atoms with Crippen LogP contribution in [0.3, 0.4) is 0 Å². The van der Waals surface area contributed by atoms with E-state index in [2.05, 4.69) is 40.4 Å². The molecule has 1 aromatic heterocycles. The highest BCUT2D eigenvalue weighted by Gasteiger charge is 2.41. The van der Waals surface area contributed by atoms with Gasteiger partial charge in [-0.15, -0.1) is 0 Å². The van der Waals surface area contributed by atoms with Crippen molar-refractivity contribution < 1.29 is 9.90 Å². The van der Waals surface area contributed by atoms with E-state index >= 15 is 0 Å². The highest BCUT2D eigenvalue weighted by molar-refractivity contribution is 5.81. The molecule has 0 radical (unpaired) electrons. The quantitative estimate of drug-likeness (QED) is 0.829. The lowest BCUT2D eigenvalue weighted by Crippen LogP contribution is -2.49. The van der Waals surface area contributed by atoms with Crippen LogP contribution in [0.4, 0.5) is 5.69 Å². The minimum Gasteiger partial charge on any atom is -0.390 e. The van der Waals surface area contributed by atoms with Gasteiger partial charge in [-0.1, -0.05) is 18.2 Å². The average molecular weight is 405 g/mol. The highest BCUT2D eigenvalue weighted by Crippen LogP contribution is 2.36. The molecule has 1 aliphatic carbocycles. The Labute approximate surface area is 177 Å². The Hall–Kier alpha value is -2.73. The van der Waals surface area contributed by atoms with E-state index < -0.39 is 5.60 Å². The van der Waals surface area contributed by atoms with Crippen LogP contribution in [0.15, 0.2) is 53.9 Å². The highest BCUT2D eigenvalue weighted by atomic mass is 16.3. The molecule has 0 bridgehead atoms. The van der Waals surface area contributed by atoms with Crippen LogP contribution < -0.4 is 5.01 Å². The van der Waals surface area contributed by atoms with Crippen LogP contribution in [0, 0.1) is 5.92 Å². The lowest BCUT2D eigenvalue weighted by molar-refractivity contribution is -0.137. The molecule has 1 atom stereocenters. The number of hydrogen-bond acceptors (Lipinski definition) is 5. The van der Waals surface area contributed by atoms with Crippen LogP contribution in [0.1, 0.15) is 38.5 Å².